The van der Waals surface area contributed by atoms with E-state index in [1.165, 1.54) is 19.1 Å². The van der Waals surface area contributed by atoms with Gasteiger partial charge >= 0.3 is 0 Å². The van der Waals surface area contributed by atoms with E-state index in [1.807, 2.05) is 6.92 Å². The first kappa shape index (κ1) is 13.3. The molecule has 0 aromatic carbocycles. The van der Waals surface area contributed by atoms with Crippen LogP contribution in [0.2, 0.25) is 0 Å². The van der Waals surface area contributed by atoms with Crippen LogP contribution in [0.1, 0.15) is 18.2 Å². The first-order valence-corrected chi connectivity index (χ1v) is 6.10. The fourth-order valence-corrected chi connectivity index (χ4v) is 1.88. The third-order valence-corrected chi connectivity index (χ3v) is 3.27. The fraction of sp³-hybridized carbons (Fsp3) is 0.357. The number of hydrogen-bond donors (Lipinski definition) is 0. The molecule has 0 unspecified atom stereocenters. The Morgan fingerprint density at radius 1 is 1.42 bits per heavy atom. The molecule has 1 amide bonds. The third kappa shape index (κ3) is 2.81. The number of nitrogens with zero attached hydrogens (tertiary/aromatic N) is 2. The van der Waals surface area contributed by atoms with Gasteiger partial charge in [-0.05, 0) is 24.6 Å². The molecule has 100 valence electrons. The van der Waals surface area contributed by atoms with Gasteiger partial charge in [-0.25, -0.2) is 0 Å². The number of aromatic nitrogens is 1. The summed E-state index contributed by atoms with van der Waals surface area (Å²) in [5, 5.41) is 4.03. The van der Waals surface area contributed by atoms with Crippen LogP contribution in [-0.2, 0) is 11.2 Å². The van der Waals surface area contributed by atoms with Gasteiger partial charge in [0.15, 0.2) is 11.2 Å². The number of carbonyl (C=O) groups excluding carboxylic acids is 1. The van der Waals surface area contributed by atoms with Crippen molar-refractivity contribution in [3.8, 4) is 11.3 Å². The number of fused-ring (bicyclic) bond motifs is 1. The second-order valence-electron chi connectivity index (χ2n) is 4.60. The van der Waals surface area contributed by atoms with Crippen LogP contribution >= 0.6 is 0 Å². The highest BCUT2D eigenvalue weighted by Crippen LogP contribution is 2.24. The molecule has 2 aliphatic rings. The van der Waals surface area contributed by atoms with E-state index in [-0.39, 0.29) is 11.3 Å². The first-order valence-electron chi connectivity index (χ1n) is 6.10. The lowest BCUT2D eigenvalue weighted by molar-refractivity contribution is -0.127. The molecule has 19 heavy (non-hydrogen) atoms. The largest absolute Gasteiger partial charge is 0.356 e. The van der Waals surface area contributed by atoms with Crippen LogP contribution in [0.3, 0.4) is 0 Å². The number of carbonyl (C=O) groups is 1. The predicted octanol–water partition coefficient (Wildman–Crippen LogP) is 1.47. The molecule has 0 saturated heterocycles. The molecule has 2 rings (SSSR count). The Morgan fingerprint density at radius 3 is 2.84 bits per heavy atom. The monoisotopic (exact) mass is 260 g/mol. The Bertz CT molecular complexity index is 633. The topological polar surface area (TPSA) is 63.4 Å². The summed E-state index contributed by atoms with van der Waals surface area (Å²) in [5.74, 6) is 0.514. The van der Waals surface area contributed by atoms with Gasteiger partial charge in [-0.2, -0.15) is 0 Å². The van der Waals surface area contributed by atoms with Gasteiger partial charge in [0.25, 0.3) is 0 Å². The molecule has 5 nitrogen and oxygen atoms in total. The van der Waals surface area contributed by atoms with E-state index in [4.69, 9.17) is 4.52 Å². The van der Waals surface area contributed by atoms with Crippen LogP contribution in [0.4, 0.5) is 0 Å². The molecule has 0 radical (unpaired) electrons. The quantitative estimate of drug-likeness (QED) is 0.838. The van der Waals surface area contributed by atoms with Crippen molar-refractivity contribution in [2.24, 2.45) is 0 Å². The molecule has 1 heterocycles. The molecule has 0 bridgehead atoms. The van der Waals surface area contributed by atoms with Crippen molar-refractivity contribution in [1.82, 2.24) is 10.1 Å². The van der Waals surface area contributed by atoms with Crippen LogP contribution in [0, 0.1) is 6.92 Å². The van der Waals surface area contributed by atoms with Crippen LogP contribution in [0.15, 0.2) is 27.5 Å². The van der Waals surface area contributed by atoms with Gasteiger partial charge in [0.1, 0.15) is 0 Å². The molecule has 5 heteroatoms. The minimum Gasteiger partial charge on any atom is -0.356 e. The zero-order valence-electron chi connectivity index (χ0n) is 11.3. The zero-order chi connectivity index (χ0) is 14.0. The Kier molecular flexibility index (Phi) is 3.64. The smallest absolute Gasteiger partial charge is 0.219 e. The van der Waals surface area contributed by atoms with Crippen LogP contribution in [0.5, 0.6) is 0 Å². The number of benzene rings is 1. The molecule has 0 aromatic rings. The molecule has 1 aliphatic heterocycles. The van der Waals surface area contributed by atoms with E-state index >= 15 is 0 Å². The Labute approximate surface area is 111 Å². The fourth-order valence-electron chi connectivity index (χ4n) is 1.88. The van der Waals surface area contributed by atoms with E-state index in [9.17, 15) is 9.59 Å². The summed E-state index contributed by atoms with van der Waals surface area (Å²) in [4.78, 5) is 24.0. The van der Waals surface area contributed by atoms with Crippen molar-refractivity contribution in [1.29, 1.82) is 0 Å². The summed E-state index contributed by atoms with van der Waals surface area (Å²) >= 11 is 0. The van der Waals surface area contributed by atoms with Crippen molar-refractivity contribution < 1.29 is 9.32 Å². The average Bonchev–Trinajstić information content (AvgIpc) is 2.37. The minimum atomic E-state index is -0.0958. The highest BCUT2D eigenvalue weighted by atomic mass is 16.5. The van der Waals surface area contributed by atoms with Crippen LogP contribution in [0.25, 0.3) is 11.3 Å². The van der Waals surface area contributed by atoms with Crippen molar-refractivity contribution in [2.45, 2.75) is 20.3 Å². The van der Waals surface area contributed by atoms with Crippen molar-refractivity contribution in [3.05, 3.63) is 39.7 Å². The Hall–Kier alpha value is -2.17. The molecule has 0 saturated carbocycles. The van der Waals surface area contributed by atoms with E-state index in [1.54, 1.807) is 18.0 Å². The summed E-state index contributed by atoms with van der Waals surface area (Å²) in [7, 11) is 1.75. The second kappa shape index (κ2) is 5.22. The number of rotatable bonds is 3. The first-order chi connectivity index (χ1) is 8.99. The molecule has 0 N–H and O–H groups in total. The summed E-state index contributed by atoms with van der Waals surface area (Å²) < 4.78 is 5.24. The van der Waals surface area contributed by atoms with Crippen molar-refractivity contribution in [2.75, 3.05) is 13.6 Å². The van der Waals surface area contributed by atoms with E-state index in [0.29, 0.717) is 18.7 Å². The van der Waals surface area contributed by atoms with E-state index in [2.05, 4.69) is 5.16 Å². The summed E-state index contributed by atoms with van der Waals surface area (Å²) in [6.45, 7) is 4.06. The number of hydrogen-bond acceptors (Lipinski definition) is 4. The second-order valence-corrected chi connectivity index (χ2v) is 4.60. The molecule has 0 spiro atoms. The van der Waals surface area contributed by atoms with Gasteiger partial charge in [0.2, 0.25) is 5.91 Å². The SMILES string of the molecule is CC(=O)N(C)CCc1noc2cc(=O)ccc-2c1C. The molecular formula is C14H16N2O3. The molecule has 0 atom stereocenters. The van der Waals surface area contributed by atoms with Crippen LogP contribution < -0.4 is 5.43 Å². The van der Waals surface area contributed by atoms with Crippen molar-refractivity contribution >= 4 is 5.91 Å². The molecular weight excluding hydrogens is 244 g/mol. The minimum absolute atomic E-state index is 0.0198. The van der Waals surface area contributed by atoms with Crippen molar-refractivity contribution in [3.63, 3.8) is 0 Å². The van der Waals surface area contributed by atoms with Crippen LogP contribution in [-0.4, -0.2) is 29.6 Å². The number of amides is 1. The van der Waals surface area contributed by atoms with Gasteiger partial charge < -0.3 is 9.42 Å². The maximum absolute atomic E-state index is 11.2. The van der Waals surface area contributed by atoms with Gasteiger partial charge in [0, 0.05) is 38.6 Å². The Balaban J connectivity index is 2.28. The lowest BCUT2D eigenvalue weighted by Gasteiger charge is -2.15. The molecule has 1 aliphatic carbocycles. The maximum atomic E-state index is 11.2. The lowest BCUT2D eigenvalue weighted by Crippen LogP contribution is -2.26. The standard InChI is InChI=1S/C14H16N2O3/c1-9-12-5-4-11(18)8-14(12)19-15-13(9)6-7-16(3)10(2)17/h4-5,8H,6-7H2,1-3H3. The van der Waals surface area contributed by atoms with Gasteiger partial charge in [-0.1, -0.05) is 5.16 Å². The lowest BCUT2D eigenvalue weighted by atomic mass is 10.0. The third-order valence-electron chi connectivity index (χ3n) is 3.27. The maximum Gasteiger partial charge on any atom is 0.219 e. The average molecular weight is 260 g/mol. The normalized spacial score (nSPS) is 10.7. The molecule has 0 fully saturated rings. The zero-order valence-corrected chi connectivity index (χ0v) is 11.3. The predicted molar refractivity (Wildman–Crippen MR) is 71.1 cm³/mol. The summed E-state index contributed by atoms with van der Waals surface area (Å²) in [6.07, 6.45) is 0.625. The summed E-state index contributed by atoms with van der Waals surface area (Å²) in [6, 6.07) is 4.69. The Morgan fingerprint density at radius 2 is 2.16 bits per heavy atom. The van der Waals surface area contributed by atoms with Gasteiger partial charge in [-0.15, -0.1) is 0 Å². The van der Waals surface area contributed by atoms with Gasteiger partial charge in [-0.3, -0.25) is 9.59 Å². The molecule has 0 aromatic heterocycles. The van der Waals surface area contributed by atoms with E-state index in [0.717, 1.165) is 16.8 Å². The van der Waals surface area contributed by atoms with E-state index < -0.39 is 0 Å². The number of likely N-dealkylation sites (N-methyl/N-ethyl adjacent to an activating group) is 1. The highest BCUT2D eigenvalue weighted by Gasteiger charge is 2.14. The van der Waals surface area contributed by atoms with Gasteiger partial charge in [0.05, 0.1) is 5.69 Å². The summed E-state index contributed by atoms with van der Waals surface area (Å²) in [5.41, 5.74) is 2.58. The highest BCUT2D eigenvalue weighted by molar-refractivity contribution is 5.72.